The predicted octanol–water partition coefficient (Wildman–Crippen LogP) is 4.22. The Morgan fingerprint density at radius 1 is 1.35 bits per heavy atom. The highest BCUT2D eigenvalue weighted by Crippen LogP contribution is 2.28. The summed E-state index contributed by atoms with van der Waals surface area (Å²) in [5, 5.41) is 0.624. The molecule has 0 aliphatic carbocycles. The van der Waals surface area contributed by atoms with E-state index in [-0.39, 0.29) is 17.9 Å². The Kier molecular flexibility index (Phi) is 6.60. The van der Waals surface area contributed by atoms with Crippen molar-refractivity contribution in [1.82, 2.24) is 0 Å². The fourth-order valence-corrected chi connectivity index (χ4v) is 2.96. The summed E-state index contributed by atoms with van der Waals surface area (Å²) in [6.07, 6.45) is 0.996. The first kappa shape index (κ1) is 18.0. The summed E-state index contributed by atoms with van der Waals surface area (Å²) in [5.74, 6) is -0.265. The Bertz CT molecular complexity index is 563. The second-order valence-electron chi connectivity index (χ2n) is 6.12. The number of rotatable bonds is 5. The second-order valence-corrected chi connectivity index (χ2v) is 6.55. The third kappa shape index (κ3) is 5.33. The van der Waals surface area contributed by atoms with Crippen molar-refractivity contribution in [2.24, 2.45) is 10.9 Å². The number of hydrogen-bond acceptors (Lipinski definition) is 4. The normalized spacial score (nSPS) is 18.1. The van der Waals surface area contributed by atoms with Crippen LogP contribution in [0.15, 0.2) is 29.3 Å². The quantitative estimate of drug-likeness (QED) is 0.597. The van der Waals surface area contributed by atoms with Crippen LogP contribution in [-0.4, -0.2) is 30.9 Å². The number of nitrogens with zero attached hydrogens (tertiary/aromatic N) is 1. The molecule has 2 atom stereocenters. The third-order valence-electron chi connectivity index (χ3n) is 3.87. The molecule has 1 aliphatic heterocycles. The molecule has 0 amide bonds. The standard InChI is InChI=1S/C18H24ClNO3/c1-12(2)20-13(3)17(15-5-4-6-16(19)11-15)23-18(21)14-7-9-22-10-8-14/h4-6,11,13-14,17H,7-10H2,1-3H3/t13-,17+/m0/s1. The van der Waals surface area contributed by atoms with Crippen LogP contribution in [0.1, 0.15) is 45.3 Å². The SMILES string of the molecule is CC(C)=N[C@@H](C)[C@@H](OC(=O)C1CCOCC1)c1cccc(Cl)c1. The van der Waals surface area contributed by atoms with Crippen LogP contribution in [0.3, 0.4) is 0 Å². The van der Waals surface area contributed by atoms with Crippen molar-refractivity contribution in [3.63, 3.8) is 0 Å². The lowest BCUT2D eigenvalue weighted by atomic mass is 9.99. The maximum atomic E-state index is 12.5. The van der Waals surface area contributed by atoms with Crippen molar-refractivity contribution < 1.29 is 14.3 Å². The minimum absolute atomic E-state index is 0.0932. The molecule has 23 heavy (non-hydrogen) atoms. The summed E-state index contributed by atoms with van der Waals surface area (Å²) >= 11 is 6.09. The van der Waals surface area contributed by atoms with Crippen molar-refractivity contribution in [2.45, 2.75) is 45.8 Å². The van der Waals surface area contributed by atoms with Crippen LogP contribution in [0.2, 0.25) is 5.02 Å². The summed E-state index contributed by atoms with van der Waals surface area (Å²) in [6.45, 7) is 7.06. The van der Waals surface area contributed by atoms with Crippen molar-refractivity contribution in [3.8, 4) is 0 Å². The molecule has 0 aromatic heterocycles. The molecule has 1 fully saturated rings. The number of hydrogen-bond donors (Lipinski definition) is 0. The molecule has 1 heterocycles. The van der Waals surface area contributed by atoms with Gasteiger partial charge in [0.15, 0.2) is 0 Å². The van der Waals surface area contributed by atoms with E-state index < -0.39 is 6.10 Å². The molecule has 0 unspecified atom stereocenters. The molecule has 0 spiro atoms. The zero-order chi connectivity index (χ0) is 16.8. The van der Waals surface area contributed by atoms with Gasteiger partial charge in [0.2, 0.25) is 0 Å². The average Bonchev–Trinajstić information content (AvgIpc) is 2.52. The number of ether oxygens (including phenoxy) is 2. The average molecular weight is 338 g/mol. The van der Waals surface area contributed by atoms with Gasteiger partial charge in [-0.2, -0.15) is 0 Å². The number of halogens is 1. The number of carbonyl (C=O) groups is 1. The van der Waals surface area contributed by atoms with Gasteiger partial charge in [-0.15, -0.1) is 0 Å². The predicted molar refractivity (Wildman–Crippen MR) is 92.1 cm³/mol. The molecule has 126 valence electrons. The van der Waals surface area contributed by atoms with Gasteiger partial charge in [-0.1, -0.05) is 23.7 Å². The second kappa shape index (κ2) is 8.46. The molecule has 1 aliphatic rings. The lowest BCUT2D eigenvalue weighted by Gasteiger charge is -2.27. The Hall–Kier alpha value is -1.39. The van der Waals surface area contributed by atoms with Crippen LogP contribution < -0.4 is 0 Å². The van der Waals surface area contributed by atoms with Gasteiger partial charge in [-0.3, -0.25) is 9.79 Å². The third-order valence-corrected chi connectivity index (χ3v) is 4.11. The van der Waals surface area contributed by atoms with Gasteiger partial charge in [-0.05, 0) is 51.3 Å². The summed E-state index contributed by atoms with van der Waals surface area (Å²) in [7, 11) is 0. The van der Waals surface area contributed by atoms with E-state index in [2.05, 4.69) is 4.99 Å². The summed E-state index contributed by atoms with van der Waals surface area (Å²) < 4.78 is 11.1. The molecular formula is C18H24ClNO3. The Balaban J connectivity index is 2.19. The van der Waals surface area contributed by atoms with Gasteiger partial charge in [-0.25, -0.2) is 0 Å². The number of esters is 1. The fourth-order valence-electron chi connectivity index (χ4n) is 2.76. The zero-order valence-corrected chi connectivity index (χ0v) is 14.7. The van der Waals surface area contributed by atoms with Gasteiger partial charge in [0, 0.05) is 23.9 Å². The van der Waals surface area contributed by atoms with Crippen LogP contribution in [-0.2, 0) is 14.3 Å². The lowest BCUT2D eigenvalue weighted by Crippen LogP contribution is -2.29. The smallest absolute Gasteiger partial charge is 0.309 e. The lowest BCUT2D eigenvalue weighted by molar-refractivity contribution is -0.158. The topological polar surface area (TPSA) is 47.9 Å². The van der Waals surface area contributed by atoms with E-state index in [4.69, 9.17) is 21.1 Å². The van der Waals surface area contributed by atoms with Crippen molar-refractivity contribution in [1.29, 1.82) is 0 Å². The van der Waals surface area contributed by atoms with E-state index in [1.54, 1.807) is 6.07 Å². The minimum atomic E-state index is -0.432. The fraction of sp³-hybridized carbons (Fsp3) is 0.556. The highest BCUT2D eigenvalue weighted by molar-refractivity contribution is 6.30. The highest BCUT2D eigenvalue weighted by atomic mass is 35.5. The van der Waals surface area contributed by atoms with Crippen LogP contribution in [0.25, 0.3) is 0 Å². The van der Waals surface area contributed by atoms with E-state index >= 15 is 0 Å². The molecule has 1 aromatic rings. The molecule has 0 saturated carbocycles. The van der Waals surface area contributed by atoms with Crippen LogP contribution in [0.4, 0.5) is 0 Å². The Morgan fingerprint density at radius 3 is 2.65 bits per heavy atom. The molecule has 1 saturated heterocycles. The first-order valence-electron chi connectivity index (χ1n) is 8.02. The van der Waals surface area contributed by atoms with Crippen molar-refractivity contribution in [2.75, 3.05) is 13.2 Å². The van der Waals surface area contributed by atoms with Crippen molar-refractivity contribution >= 4 is 23.3 Å². The number of benzene rings is 1. The molecule has 4 nitrogen and oxygen atoms in total. The number of carbonyl (C=O) groups excluding carboxylic acids is 1. The minimum Gasteiger partial charge on any atom is -0.455 e. The zero-order valence-electron chi connectivity index (χ0n) is 13.9. The number of aliphatic imine (C=N–C) groups is 1. The monoisotopic (exact) mass is 337 g/mol. The largest absolute Gasteiger partial charge is 0.455 e. The summed E-state index contributed by atoms with van der Waals surface area (Å²) in [4.78, 5) is 17.1. The molecule has 0 N–H and O–H groups in total. The Morgan fingerprint density at radius 2 is 2.04 bits per heavy atom. The molecule has 1 aromatic carbocycles. The van der Waals surface area contributed by atoms with E-state index in [0.717, 1.165) is 11.3 Å². The van der Waals surface area contributed by atoms with Gasteiger partial charge in [0.25, 0.3) is 0 Å². The molecular weight excluding hydrogens is 314 g/mol. The van der Waals surface area contributed by atoms with Crippen LogP contribution in [0.5, 0.6) is 0 Å². The highest BCUT2D eigenvalue weighted by Gasteiger charge is 2.29. The van der Waals surface area contributed by atoms with Gasteiger partial charge < -0.3 is 9.47 Å². The molecule has 2 rings (SSSR count). The first-order chi connectivity index (χ1) is 11.0. The van der Waals surface area contributed by atoms with Crippen LogP contribution >= 0.6 is 11.6 Å². The molecule has 0 radical (unpaired) electrons. The van der Waals surface area contributed by atoms with E-state index in [1.807, 2.05) is 39.0 Å². The summed E-state index contributed by atoms with van der Waals surface area (Å²) in [6, 6.07) is 7.26. The summed E-state index contributed by atoms with van der Waals surface area (Å²) in [5.41, 5.74) is 1.82. The molecule has 0 bridgehead atoms. The maximum absolute atomic E-state index is 12.5. The van der Waals surface area contributed by atoms with Gasteiger partial charge in [0.1, 0.15) is 6.10 Å². The van der Waals surface area contributed by atoms with E-state index in [9.17, 15) is 4.79 Å². The first-order valence-corrected chi connectivity index (χ1v) is 8.40. The van der Waals surface area contributed by atoms with E-state index in [1.165, 1.54) is 0 Å². The van der Waals surface area contributed by atoms with Crippen LogP contribution in [0, 0.1) is 5.92 Å². The van der Waals surface area contributed by atoms with E-state index in [0.29, 0.717) is 31.1 Å². The Labute approximate surface area is 142 Å². The van der Waals surface area contributed by atoms with Gasteiger partial charge >= 0.3 is 5.97 Å². The van der Waals surface area contributed by atoms with Gasteiger partial charge in [0.05, 0.1) is 12.0 Å². The maximum Gasteiger partial charge on any atom is 0.309 e. The van der Waals surface area contributed by atoms with Crippen molar-refractivity contribution in [3.05, 3.63) is 34.9 Å². The molecule has 5 heteroatoms.